The fraction of sp³-hybridized carbons (Fsp3) is 1.00. The van der Waals surface area contributed by atoms with Gasteiger partial charge in [0.05, 0.1) is 0 Å². The standard InChI is InChI=1S/C10H22N2/c1-8(2)5-9(3,11)7-10(4,12)6-8/h5-7,11-12H2,1-4H3/t9-,10+. The molecule has 0 spiro atoms. The van der Waals surface area contributed by atoms with Crippen molar-refractivity contribution < 1.29 is 0 Å². The summed E-state index contributed by atoms with van der Waals surface area (Å²) < 4.78 is 0. The largest absolute Gasteiger partial charge is 0.325 e. The second-order valence-corrected chi connectivity index (χ2v) is 6.00. The monoisotopic (exact) mass is 170 g/mol. The van der Waals surface area contributed by atoms with Gasteiger partial charge in [-0.1, -0.05) is 13.8 Å². The minimum atomic E-state index is -0.0781. The van der Waals surface area contributed by atoms with E-state index in [0.29, 0.717) is 5.41 Å². The Balaban J connectivity index is 2.81. The predicted octanol–water partition coefficient (Wildman–Crippen LogP) is 1.63. The highest BCUT2D eigenvalue weighted by Gasteiger charge is 2.43. The maximum absolute atomic E-state index is 6.15. The lowest BCUT2D eigenvalue weighted by atomic mass is 9.62. The molecule has 2 atom stereocenters. The Morgan fingerprint density at radius 1 is 0.750 bits per heavy atom. The Morgan fingerprint density at radius 3 is 1.33 bits per heavy atom. The summed E-state index contributed by atoms with van der Waals surface area (Å²) in [5.41, 5.74) is 12.4. The van der Waals surface area contributed by atoms with E-state index in [1.807, 2.05) is 0 Å². The third kappa shape index (κ3) is 2.46. The summed E-state index contributed by atoms with van der Waals surface area (Å²) in [7, 11) is 0. The Morgan fingerprint density at radius 2 is 1.08 bits per heavy atom. The number of hydrogen-bond acceptors (Lipinski definition) is 2. The molecule has 0 aromatic heterocycles. The normalized spacial score (nSPS) is 47.5. The number of hydrogen-bond donors (Lipinski definition) is 2. The summed E-state index contributed by atoms with van der Waals surface area (Å²) in [5.74, 6) is 0. The van der Waals surface area contributed by atoms with Crippen LogP contribution in [-0.4, -0.2) is 11.1 Å². The molecular weight excluding hydrogens is 148 g/mol. The van der Waals surface area contributed by atoms with Gasteiger partial charge in [0, 0.05) is 11.1 Å². The molecule has 72 valence electrons. The van der Waals surface area contributed by atoms with Crippen LogP contribution in [0.3, 0.4) is 0 Å². The minimum Gasteiger partial charge on any atom is -0.325 e. The summed E-state index contributed by atoms with van der Waals surface area (Å²) in [6, 6.07) is 0. The first-order chi connectivity index (χ1) is 5.12. The van der Waals surface area contributed by atoms with E-state index in [0.717, 1.165) is 19.3 Å². The zero-order chi connectivity index (χ0) is 9.62. The molecule has 0 unspecified atom stereocenters. The zero-order valence-corrected chi connectivity index (χ0v) is 8.78. The summed E-state index contributed by atoms with van der Waals surface area (Å²) in [5, 5.41) is 0. The van der Waals surface area contributed by atoms with Gasteiger partial charge in [-0.15, -0.1) is 0 Å². The van der Waals surface area contributed by atoms with Gasteiger partial charge >= 0.3 is 0 Å². The van der Waals surface area contributed by atoms with Gasteiger partial charge in [0.1, 0.15) is 0 Å². The molecule has 4 N–H and O–H groups in total. The Bertz CT molecular complexity index is 135. The van der Waals surface area contributed by atoms with E-state index in [-0.39, 0.29) is 11.1 Å². The van der Waals surface area contributed by atoms with Crippen molar-refractivity contribution in [3.8, 4) is 0 Å². The summed E-state index contributed by atoms with van der Waals surface area (Å²) in [6.45, 7) is 8.72. The van der Waals surface area contributed by atoms with Gasteiger partial charge in [0.15, 0.2) is 0 Å². The van der Waals surface area contributed by atoms with E-state index in [2.05, 4.69) is 27.7 Å². The van der Waals surface area contributed by atoms with Crippen LogP contribution < -0.4 is 11.5 Å². The first-order valence-electron chi connectivity index (χ1n) is 4.70. The molecule has 0 amide bonds. The lowest BCUT2D eigenvalue weighted by Crippen LogP contribution is -2.57. The van der Waals surface area contributed by atoms with Gasteiger partial charge in [-0.05, 0) is 38.5 Å². The van der Waals surface area contributed by atoms with Gasteiger partial charge in [-0.3, -0.25) is 0 Å². The molecule has 0 aliphatic heterocycles. The van der Waals surface area contributed by atoms with Crippen LogP contribution in [0.25, 0.3) is 0 Å². The molecule has 1 aliphatic carbocycles. The van der Waals surface area contributed by atoms with Gasteiger partial charge in [-0.25, -0.2) is 0 Å². The summed E-state index contributed by atoms with van der Waals surface area (Å²) >= 11 is 0. The second kappa shape index (κ2) is 2.46. The van der Waals surface area contributed by atoms with Crippen molar-refractivity contribution in [1.29, 1.82) is 0 Å². The minimum absolute atomic E-state index is 0.0781. The third-order valence-corrected chi connectivity index (χ3v) is 2.57. The highest BCUT2D eigenvalue weighted by molar-refractivity contribution is 5.02. The number of rotatable bonds is 0. The van der Waals surface area contributed by atoms with Crippen molar-refractivity contribution in [2.75, 3.05) is 0 Å². The van der Waals surface area contributed by atoms with Crippen LogP contribution in [0, 0.1) is 5.41 Å². The third-order valence-electron chi connectivity index (χ3n) is 2.57. The van der Waals surface area contributed by atoms with Crippen molar-refractivity contribution in [2.45, 2.75) is 58.0 Å². The molecule has 0 bridgehead atoms. The van der Waals surface area contributed by atoms with E-state index in [9.17, 15) is 0 Å². The molecule has 0 aromatic rings. The van der Waals surface area contributed by atoms with E-state index in [4.69, 9.17) is 11.5 Å². The van der Waals surface area contributed by atoms with E-state index < -0.39 is 0 Å². The van der Waals surface area contributed by atoms with E-state index in [1.165, 1.54) is 0 Å². The molecule has 0 heterocycles. The van der Waals surface area contributed by atoms with Crippen LogP contribution in [0.2, 0.25) is 0 Å². The SMILES string of the molecule is CC1(C)C[C@](C)(N)C[C@](C)(N)C1. The van der Waals surface area contributed by atoms with E-state index in [1.54, 1.807) is 0 Å². The maximum Gasteiger partial charge on any atom is 0.0148 e. The maximum atomic E-state index is 6.15. The molecule has 0 radical (unpaired) electrons. The topological polar surface area (TPSA) is 52.0 Å². The molecular formula is C10H22N2. The van der Waals surface area contributed by atoms with Crippen LogP contribution >= 0.6 is 0 Å². The Kier molecular flexibility index (Phi) is 2.05. The molecule has 0 saturated heterocycles. The predicted molar refractivity (Wildman–Crippen MR) is 52.8 cm³/mol. The van der Waals surface area contributed by atoms with Crippen LogP contribution in [-0.2, 0) is 0 Å². The lowest BCUT2D eigenvalue weighted by molar-refractivity contribution is 0.0982. The first kappa shape index (κ1) is 10.0. The van der Waals surface area contributed by atoms with Crippen LogP contribution in [0.4, 0.5) is 0 Å². The molecule has 2 nitrogen and oxygen atoms in total. The van der Waals surface area contributed by atoms with Crippen molar-refractivity contribution in [2.24, 2.45) is 16.9 Å². The highest BCUT2D eigenvalue weighted by Crippen LogP contribution is 2.43. The first-order valence-corrected chi connectivity index (χ1v) is 4.70. The van der Waals surface area contributed by atoms with Gasteiger partial charge in [-0.2, -0.15) is 0 Å². The molecule has 2 heteroatoms. The van der Waals surface area contributed by atoms with Gasteiger partial charge < -0.3 is 11.5 Å². The molecule has 1 fully saturated rings. The second-order valence-electron chi connectivity index (χ2n) is 6.00. The van der Waals surface area contributed by atoms with Crippen molar-refractivity contribution in [1.82, 2.24) is 0 Å². The lowest BCUT2D eigenvalue weighted by Gasteiger charge is -2.48. The van der Waals surface area contributed by atoms with Crippen LogP contribution in [0.1, 0.15) is 47.0 Å². The molecule has 0 aromatic carbocycles. The smallest absolute Gasteiger partial charge is 0.0148 e. The van der Waals surface area contributed by atoms with Gasteiger partial charge in [0.2, 0.25) is 0 Å². The van der Waals surface area contributed by atoms with Crippen LogP contribution in [0.5, 0.6) is 0 Å². The molecule has 1 rings (SSSR count). The Hall–Kier alpha value is -0.0800. The van der Waals surface area contributed by atoms with Crippen molar-refractivity contribution in [3.63, 3.8) is 0 Å². The van der Waals surface area contributed by atoms with Crippen molar-refractivity contribution >= 4 is 0 Å². The fourth-order valence-corrected chi connectivity index (χ4v) is 3.30. The summed E-state index contributed by atoms with van der Waals surface area (Å²) in [4.78, 5) is 0. The average Bonchev–Trinajstić information content (AvgIpc) is 1.44. The highest BCUT2D eigenvalue weighted by atomic mass is 14.8. The quantitative estimate of drug-likeness (QED) is 0.580. The van der Waals surface area contributed by atoms with E-state index >= 15 is 0 Å². The fourth-order valence-electron chi connectivity index (χ4n) is 3.30. The molecule has 12 heavy (non-hydrogen) atoms. The van der Waals surface area contributed by atoms with Crippen LogP contribution in [0.15, 0.2) is 0 Å². The zero-order valence-electron chi connectivity index (χ0n) is 8.78. The Labute approximate surface area is 75.7 Å². The summed E-state index contributed by atoms with van der Waals surface area (Å²) in [6.07, 6.45) is 3.09. The van der Waals surface area contributed by atoms with Crippen molar-refractivity contribution in [3.05, 3.63) is 0 Å². The number of nitrogens with two attached hydrogens (primary N) is 2. The average molecular weight is 170 g/mol. The molecule has 1 aliphatic rings. The van der Waals surface area contributed by atoms with Gasteiger partial charge in [0.25, 0.3) is 0 Å². The molecule has 1 saturated carbocycles.